The van der Waals surface area contributed by atoms with Gasteiger partial charge in [-0.05, 0) is 29.8 Å². The Balaban J connectivity index is 1.53. The van der Waals surface area contributed by atoms with Crippen LogP contribution in [0.25, 0.3) is 0 Å². The fourth-order valence-corrected chi connectivity index (χ4v) is 4.37. The molecule has 3 rings (SSSR count). The third-order valence-corrected chi connectivity index (χ3v) is 6.41. The predicted octanol–water partition coefficient (Wildman–Crippen LogP) is 1.68. The van der Waals surface area contributed by atoms with E-state index in [1.165, 1.54) is 24.3 Å². The van der Waals surface area contributed by atoms with Crippen LogP contribution in [0, 0.1) is 5.82 Å². The average molecular weight is 436 g/mol. The molecular formula is C21H26FN3O4S. The molecule has 1 atom stereocenters. The van der Waals surface area contributed by atoms with Gasteiger partial charge in [0.2, 0.25) is 15.9 Å². The van der Waals surface area contributed by atoms with Crippen molar-refractivity contribution in [3.05, 3.63) is 66.0 Å². The number of nitrogens with zero attached hydrogens (tertiary/aromatic N) is 1. The second-order valence-electron chi connectivity index (χ2n) is 6.98. The van der Waals surface area contributed by atoms with Crippen molar-refractivity contribution in [1.82, 2.24) is 14.9 Å². The summed E-state index contributed by atoms with van der Waals surface area (Å²) in [6, 6.07) is 14.1. The van der Waals surface area contributed by atoms with Gasteiger partial charge in [-0.25, -0.2) is 17.5 Å². The smallest absolute Gasteiger partial charge is 0.240 e. The van der Waals surface area contributed by atoms with Crippen LogP contribution >= 0.6 is 0 Å². The van der Waals surface area contributed by atoms with Crippen LogP contribution < -0.4 is 10.0 Å². The largest absolute Gasteiger partial charge is 0.379 e. The van der Waals surface area contributed by atoms with Gasteiger partial charge in [0.1, 0.15) is 5.82 Å². The lowest BCUT2D eigenvalue weighted by atomic mass is 10.0. The van der Waals surface area contributed by atoms with Gasteiger partial charge >= 0.3 is 0 Å². The number of amides is 1. The molecule has 1 aliphatic heterocycles. The molecule has 1 aliphatic rings. The summed E-state index contributed by atoms with van der Waals surface area (Å²) in [6.45, 7) is 2.99. The minimum Gasteiger partial charge on any atom is -0.379 e. The maximum atomic E-state index is 13.3. The highest BCUT2D eigenvalue weighted by atomic mass is 32.2. The van der Waals surface area contributed by atoms with Gasteiger partial charge in [0.15, 0.2) is 0 Å². The van der Waals surface area contributed by atoms with E-state index in [9.17, 15) is 17.6 Å². The van der Waals surface area contributed by atoms with Crippen LogP contribution in [-0.2, 0) is 19.6 Å². The molecule has 7 nitrogen and oxygen atoms in total. The van der Waals surface area contributed by atoms with Gasteiger partial charge < -0.3 is 10.1 Å². The zero-order chi connectivity index (χ0) is 21.4. The van der Waals surface area contributed by atoms with Gasteiger partial charge in [-0.1, -0.05) is 30.3 Å². The normalized spacial score (nSPS) is 16.2. The van der Waals surface area contributed by atoms with E-state index in [1.54, 1.807) is 30.3 Å². The molecule has 0 aromatic heterocycles. The molecule has 1 heterocycles. The molecule has 2 aromatic rings. The number of benzene rings is 2. The Labute approximate surface area is 176 Å². The Morgan fingerprint density at radius 3 is 2.40 bits per heavy atom. The van der Waals surface area contributed by atoms with Crippen LogP contribution in [0.2, 0.25) is 0 Å². The molecule has 2 N–H and O–H groups in total. The Morgan fingerprint density at radius 1 is 1.07 bits per heavy atom. The first-order chi connectivity index (χ1) is 14.5. The molecule has 2 aromatic carbocycles. The molecule has 0 aliphatic carbocycles. The first-order valence-electron chi connectivity index (χ1n) is 9.84. The topological polar surface area (TPSA) is 87.7 Å². The zero-order valence-corrected chi connectivity index (χ0v) is 17.4. The van der Waals surface area contributed by atoms with Crippen molar-refractivity contribution >= 4 is 15.9 Å². The van der Waals surface area contributed by atoms with Gasteiger partial charge in [0.25, 0.3) is 0 Å². The van der Waals surface area contributed by atoms with E-state index in [1.807, 2.05) is 0 Å². The maximum Gasteiger partial charge on any atom is 0.240 e. The quantitative estimate of drug-likeness (QED) is 0.626. The third-order valence-electron chi connectivity index (χ3n) is 4.93. The van der Waals surface area contributed by atoms with E-state index in [4.69, 9.17) is 4.74 Å². The van der Waals surface area contributed by atoms with E-state index in [0.717, 1.165) is 18.7 Å². The second kappa shape index (κ2) is 10.6. The molecule has 162 valence electrons. The first-order valence-corrected chi connectivity index (χ1v) is 11.3. The third kappa shape index (κ3) is 6.33. The fourth-order valence-electron chi connectivity index (χ4n) is 3.31. The van der Waals surface area contributed by atoms with Crippen molar-refractivity contribution in [2.45, 2.75) is 17.4 Å². The van der Waals surface area contributed by atoms with Crippen LogP contribution in [0.1, 0.15) is 18.0 Å². The number of rotatable bonds is 9. The van der Waals surface area contributed by atoms with Crippen molar-refractivity contribution in [3.8, 4) is 0 Å². The number of carbonyl (C=O) groups is 1. The molecule has 0 bridgehead atoms. The minimum absolute atomic E-state index is 0.00182. The van der Waals surface area contributed by atoms with Crippen molar-refractivity contribution in [2.75, 3.05) is 39.4 Å². The Kier molecular flexibility index (Phi) is 7.92. The van der Waals surface area contributed by atoms with Gasteiger partial charge in [0.05, 0.1) is 24.2 Å². The zero-order valence-electron chi connectivity index (χ0n) is 16.6. The summed E-state index contributed by atoms with van der Waals surface area (Å²) in [5.74, 6) is -0.569. The van der Waals surface area contributed by atoms with Gasteiger partial charge in [-0.3, -0.25) is 9.69 Å². The lowest BCUT2D eigenvalue weighted by Gasteiger charge is -2.35. The standard InChI is InChI=1S/C21H26FN3O4S/c22-18-8-6-17(7-9-18)20(25-12-14-29-15-13-25)16-23-21(26)10-11-24-30(27,28)19-4-2-1-3-5-19/h1-9,20,24H,10-16H2,(H,23,26). The summed E-state index contributed by atoms with van der Waals surface area (Å²) in [6.07, 6.45) is 0.0192. The van der Waals surface area contributed by atoms with Gasteiger partial charge in [0, 0.05) is 32.6 Å². The van der Waals surface area contributed by atoms with Gasteiger partial charge in [-0.2, -0.15) is 0 Å². The summed E-state index contributed by atoms with van der Waals surface area (Å²) in [4.78, 5) is 14.6. The Bertz CT molecular complexity index is 917. The Morgan fingerprint density at radius 2 is 1.73 bits per heavy atom. The van der Waals surface area contributed by atoms with Crippen molar-refractivity contribution in [2.24, 2.45) is 0 Å². The van der Waals surface area contributed by atoms with Gasteiger partial charge in [-0.15, -0.1) is 0 Å². The number of hydrogen-bond donors (Lipinski definition) is 2. The molecule has 9 heteroatoms. The maximum absolute atomic E-state index is 13.3. The second-order valence-corrected chi connectivity index (χ2v) is 8.75. The summed E-state index contributed by atoms with van der Waals surface area (Å²) in [7, 11) is -3.64. The molecule has 1 unspecified atom stereocenters. The van der Waals surface area contributed by atoms with E-state index in [-0.39, 0.29) is 35.6 Å². The SMILES string of the molecule is O=C(CCNS(=O)(=O)c1ccccc1)NCC(c1ccc(F)cc1)N1CCOCC1. The van der Waals surface area contributed by atoms with E-state index in [0.29, 0.717) is 19.8 Å². The van der Waals surface area contributed by atoms with Crippen LogP contribution in [-0.4, -0.2) is 58.6 Å². The minimum atomic E-state index is -3.64. The van der Waals surface area contributed by atoms with Crippen molar-refractivity contribution < 1.29 is 22.3 Å². The highest BCUT2D eigenvalue weighted by molar-refractivity contribution is 7.89. The molecule has 1 saturated heterocycles. The molecule has 1 amide bonds. The molecule has 0 radical (unpaired) electrons. The van der Waals surface area contributed by atoms with Crippen LogP contribution in [0.4, 0.5) is 4.39 Å². The molecule has 0 spiro atoms. The summed E-state index contributed by atoms with van der Waals surface area (Å²) >= 11 is 0. The molecule has 30 heavy (non-hydrogen) atoms. The van der Waals surface area contributed by atoms with E-state index < -0.39 is 10.0 Å². The summed E-state index contributed by atoms with van der Waals surface area (Å²) in [5, 5.41) is 2.87. The fraction of sp³-hybridized carbons (Fsp3) is 0.381. The average Bonchev–Trinajstić information content (AvgIpc) is 2.76. The lowest BCUT2D eigenvalue weighted by Crippen LogP contribution is -2.44. The predicted molar refractivity (Wildman–Crippen MR) is 111 cm³/mol. The highest BCUT2D eigenvalue weighted by Gasteiger charge is 2.23. The number of morpholine rings is 1. The number of sulfonamides is 1. The molecule has 1 fully saturated rings. The van der Waals surface area contributed by atoms with Crippen molar-refractivity contribution in [3.63, 3.8) is 0 Å². The summed E-state index contributed by atoms with van der Waals surface area (Å²) in [5.41, 5.74) is 0.906. The number of nitrogens with one attached hydrogen (secondary N) is 2. The van der Waals surface area contributed by atoms with Crippen LogP contribution in [0.5, 0.6) is 0 Å². The highest BCUT2D eigenvalue weighted by Crippen LogP contribution is 2.21. The molecular weight excluding hydrogens is 409 g/mol. The Hall–Kier alpha value is -2.33. The number of carbonyl (C=O) groups excluding carboxylic acids is 1. The van der Waals surface area contributed by atoms with E-state index >= 15 is 0 Å². The number of hydrogen-bond acceptors (Lipinski definition) is 5. The van der Waals surface area contributed by atoms with Crippen molar-refractivity contribution in [1.29, 1.82) is 0 Å². The monoisotopic (exact) mass is 435 g/mol. The van der Waals surface area contributed by atoms with Crippen LogP contribution in [0.3, 0.4) is 0 Å². The number of ether oxygens (including phenoxy) is 1. The summed E-state index contributed by atoms with van der Waals surface area (Å²) < 4.78 is 45.6. The molecule has 0 saturated carbocycles. The lowest BCUT2D eigenvalue weighted by molar-refractivity contribution is -0.121. The first kappa shape index (κ1) is 22.4. The van der Waals surface area contributed by atoms with E-state index in [2.05, 4.69) is 14.9 Å². The number of halogens is 1. The van der Waals surface area contributed by atoms with Crippen LogP contribution in [0.15, 0.2) is 59.5 Å².